The molecule has 1 radical (unpaired) electrons. The smallest absolute Gasteiger partial charge is 0.0871 e. The summed E-state index contributed by atoms with van der Waals surface area (Å²) >= 11 is 5.18. The van der Waals surface area contributed by atoms with Gasteiger partial charge in [0.15, 0.2) is 0 Å². The van der Waals surface area contributed by atoms with Crippen LogP contribution in [-0.2, 0) is 5.11 Å². The van der Waals surface area contributed by atoms with Crippen LogP contribution in [0.2, 0.25) is 0 Å². The molecule has 0 saturated heterocycles. The van der Waals surface area contributed by atoms with Crippen molar-refractivity contribution in [2.75, 3.05) is 6.61 Å². The molecule has 6 heavy (non-hydrogen) atoms. The Labute approximate surface area is 42.2 Å². The Kier molecular flexibility index (Phi) is 3.19. The van der Waals surface area contributed by atoms with Crippen molar-refractivity contribution in [3.63, 3.8) is 0 Å². The monoisotopic (exact) mass is 105 g/mol. The van der Waals surface area contributed by atoms with Gasteiger partial charge in [0.2, 0.25) is 0 Å². The lowest BCUT2D eigenvalue weighted by Crippen LogP contribution is -1.75. The summed E-state index contributed by atoms with van der Waals surface area (Å²) in [6, 6.07) is 0. The molecule has 0 aliphatic heterocycles. The molecule has 0 aromatic heterocycles. The zero-order chi connectivity index (χ0) is 4.99. The number of rotatable bonds is 2. The van der Waals surface area contributed by atoms with Crippen LogP contribution in [0.25, 0.3) is 0 Å². The van der Waals surface area contributed by atoms with E-state index >= 15 is 0 Å². The fourth-order valence-electron chi connectivity index (χ4n) is 0.111. The molecule has 0 aliphatic rings. The first-order valence-electron chi connectivity index (χ1n) is 1.68. The third-order valence-corrected chi connectivity index (χ3v) is 0.562. The summed E-state index contributed by atoms with van der Waals surface area (Å²) in [6.07, 6.45) is 0.390. The van der Waals surface area contributed by atoms with Crippen LogP contribution in [0.1, 0.15) is 6.42 Å². The summed E-state index contributed by atoms with van der Waals surface area (Å²) in [5, 5.41) is 10.0. The van der Waals surface area contributed by atoms with Crippen LogP contribution in [-0.4, -0.2) is 6.61 Å². The molecule has 0 rings (SSSR count). The largest absolute Gasteiger partial charge is 0.236 e. The normalized spacial score (nSPS) is 8.33. The lowest BCUT2D eigenvalue weighted by Gasteiger charge is -1.82. The van der Waals surface area contributed by atoms with Gasteiger partial charge in [-0.25, -0.2) is 5.11 Å². The van der Waals surface area contributed by atoms with Gasteiger partial charge in [0, 0.05) is 11.5 Å². The molecular formula is C4H6ClO. The van der Waals surface area contributed by atoms with Crippen molar-refractivity contribution in [2.24, 2.45) is 0 Å². The van der Waals surface area contributed by atoms with Crippen molar-refractivity contribution in [3.05, 3.63) is 11.6 Å². The van der Waals surface area contributed by atoms with Crippen molar-refractivity contribution in [1.82, 2.24) is 0 Å². The Morgan fingerprint density at radius 3 is 2.33 bits per heavy atom. The van der Waals surface area contributed by atoms with Gasteiger partial charge in [0.05, 0.1) is 6.61 Å². The van der Waals surface area contributed by atoms with E-state index in [4.69, 9.17) is 11.6 Å². The van der Waals surface area contributed by atoms with Gasteiger partial charge >= 0.3 is 0 Å². The maximum atomic E-state index is 9.59. The molecule has 0 aromatic rings. The van der Waals surface area contributed by atoms with E-state index in [-0.39, 0.29) is 6.61 Å². The minimum Gasteiger partial charge on any atom is -0.236 e. The Balaban J connectivity index is 2.83. The molecule has 0 saturated carbocycles. The minimum absolute atomic E-state index is 0.150. The molecule has 2 heteroatoms. The van der Waals surface area contributed by atoms with Crippen molar-refractivity contribution in [3.8, 4) is 0 Å². The third-order valence-electron chi connectivity index (χ3n) is 0.373. The highest BCUT2D eigenvalue weighted by atomic mass is 35.5. The van der Waals surface area contributed by atoms with Crippen molar-refractivity contribution in [1.29, 1.82) is 0 Å². The van der Waals surface area contributed by atoms with Gasteiger partial charge in [-0.2, -0.15) is 0 Å². The fraction of sp³-hybridized carbons (Fsp3) is 0.500. The second kappa shape index (κ2) is 3.19. The molecule has 0 unspecified atom stereocenters. The van der Waals surface area contributed by atoms with E-state index in [0.29, 0.717) is 11.5 Å². The lowest BCUT2D eigenvalue weighted by molar-refractivity contribution is 0.198. The first-order valence-corrected chi connectivity index (χ1v) is 2.06. The maximum absolute atomic E-state index is 9.59. The van der Waals surface area contributed by atoms with Crippen LogP contribution in [0.15, 0.2) is 11.6 Å². The number of hydrogen-bond acceptors (Lipinski definition) is 0. The summed E-state index contributed by atoms with van der Waals surface area (Å²) in [5.41, 5.74) is 0. The molecular weight excluding hydrogens is 99.5 g/mol. The average Bonchev–Trinajstić information content (AvgIpc) is 1.35. The average molecular weight is 106 g/mol. The van der Waals surface area contributed by atoms with Crippen LogP contribution in [0.4, 0.5) is 0 Å². The highest BCUT2D eigenvalue weighted by Gasteiger charge is 1.81. The topological polar surface area (TPSA) is 19.9 Å². The first-order chi connectivity index (χ1) is 2.77. The summed E-state index contributed by atoms with van der Waals surface area (Å²) in [4.78, 5) is 0. The first kappa shape index (κ1) is 5.99. The van der Waals surface area contributed by atoms with E-state index in [9.17, 15) is 5.11 Å². The second-order valence-electron chi connectivity index (χ2n) is 0.971. The molecule has 0 spiro atoms. The molecule has 1 nitrogen and oxygen atoms in total. The molecule has 0 aliphatic carbocycles. The number of hydrogen-bond donors (Lipinski definition) is 0. The molecule has 0 fully saturated rings. The van der Waals surface area contributed by atoms with Crippen LogP contribution < -0.4 is 0 Å². The predicted molar refractivity (Wildman–Crippen MR) is 25.2 cm³/mol. The van der Waals surface area contributed by atoms with Gasteiger partial charge in [-0.05, 0) is 0 Å². The van der Waals surface area contributed by atoms with Crippen molar-refractivity contribution < 1.29 is 5.11 Å². The zero-order valence-corrected chi connectivity index (χ0v) is 4.16. The van der Waals surface area contributed by atoms with Crippen LogP contribution in [0.3, 0.4) is 0 Å². The van der Waals surface area contributed by atoms with Crippen molar-refractivity contribution in [2.45, 2.75) is 6.42 Å². The molecule has 35 valence electrons. The van der Waals surface area contributed by atoms with Crippen LogP contribution in [0.5, 0.6) is 0 Å². The van der Waals surface area contributed by atoms with E-state index in [2.05, 4.69) is 6.58 Å². The number of halogens is 1. The summed E-state index contributed by atoms with van der Waals surface area (Å²) < 4.78 is 0. The highest BCUT2D eigenvalue weighted by Crippen LogP contribution is 1.99. The minimum atomic E-state index is -0.150. The molecule has 0 bridgehead atoms. The summed E-state index contributed by atoms with van der Waals surface area (Å²) in [6.45, 7) is 3.16. The Morgan fingerprint density at radius 1 is 1.83 bits per heavy atom. The van der Waals surface area contributed by atoms with Gasteiger partial charge < -0.3 is 0 Å². The molecule has 0 N–H and O–H groups in total. The van der Waals surface area contributed by atoms with Gasteiger partial charge in [-0.3, -0.25) is 0 Å². The predicted octanol–water partition coefficient (Wildman–Crippen LogP) is 1.56. The molecule has 0 atom stereocenters. The molecule has 0 amide bonds. The van der Waals surface area contributed by atoms with Gasteiger partial charge in [0.1, 0.15) is 0 Å². The third kappa shape index (κ3) is 3.99. The van der Waals surface area contributed by atoms with E-state index in [1.165, 1.54) is 0 Å². The van der Waals surface area contributed by atoms with E-state index in [1.54, 1.807) is 0 Å². The van der Waals surface area contributed by atoms with Gasteiger partial charge in [-0.15, -0.1) is 0 Å². The maximum Gasteiger partial charge on any atom is 0.0871 e. The highest BCUT2D eigenvalue weighted by molar-refractivity contribution is 6.29. The van der Waals surface area contributed by atoms with Gasteiger partial charge in [0.25, 0.3) is 0 Å². The van der Waals surface area contributed by atoms with E-state index in [1.807, 2.05) is 0 Å². The van der Waals surface area contributed by atoms with Crippen LogP contribution in [0, 0.1) is 0 Å². The Bertz CT molecular complexity index is 51.5. The standard InChI is InChI=1S/C4H6ClO/c1-4(5)2-3-6/h1-3H2. The van der Waals surface area contributed by atoms with Crippen molar-refractivity contribution >= 4 is 11.6 Å². The molecule has 0 heterocycles. The van der Waals surface area contributed by atoms with E-state index < -0.39 is 0 Å². The summed E-state index contributed by atoms with van der Waals surface area (Å²) in [5.74, 6) is 0. The Hall–Kier alpha value is -0.0100. The SMILES string of the molecule is C=C(Cl)CC[O]. The summed E-state index contributed by atoms with van der Waals surface area (Å²) in [7, 11) is 0. The van der Waals surface area contributed by atoms with E-state index in [0.717, 1.165) is 0 Å². The zero-order valence-electron chi connectivity index (χ0n) is 3.41. The Morgan fingerprint density at radius 2 is 2.33 bits per heavy atom. The quantitative estimate of drug-likeness (QED) is 0.508. The second-order valence-corrected chi connectivity index (χ2v) is 1.51. The lowest BCUT2D eigenvalue weighted by atomic mass is 10.5. The van der Waals surface area contributed by atoms with Crippen LogP contribution >= 0.6 is 11.6 Å². The van der Waals surface area contributed by atoms with Gasteiger partial charge in [-0.1, -0.05) is 18.2 Å². The molecule has 0 aromatic carbocycles. The fourth-order valence-corrected chi connectivity index (χ4v) is 0.188.